The SMILES string of the molecule is C=CC12COC(c3ccccc3)OC1C1OC1CO2. The van der Waals surface area contributed by atoms with E-state index in [1.807, 2.05) is 30.3 Å². The molecule has 3 aliphatic rings. The van der Waals surface area contributed by atoms with E-state index in [2.05, 4.69) is 6.58 Å². The lowest BCUT2D eigenvalue weighted by Crippen LogP contribution is -2.58. The van der Waals surface area contributed by atoms with Crippen LogP contribution in [0.1, 0.15) is 11.9 Å². The standard InChI is InChI=1S/C15H16O4/c1-2-15-9-16-14(10-6-4-3-5-7-10)19-13(15)12-11(18-12)8-17-15/h2-7,11-14H,1,8-9H2. The predicted octanol–water partition coefficient (Wildman–Crippen LogP) is 1.82. The third-order valence-corrected chi connectivity index (χ3v) is 4.07. The van der Waals surface area contributed by atoms with Crippen molar-refractivity contribution in [3.05, 3.63) is 48.6 Å². The van der Waals surface area contributed by atoms with Crippen molar-refractivity contribution in [1.29, 1.82) is 0 Å². The van der Waals surface area contributed by atoms with Crippen LogP contribution in [0.2, 0.25) is 0 Å². The summed E-state index contributed by atoms with van der Waals surface area (Å²) in [6.07, 6.45) is 1.58. The second kappa shape index (κ2) is 4.15. The lowest BCUT2D eigenvalue weighted by Gasteiger charge is -2.45. The fourth-order valence-corrected chi connectivity index (χ4v) is 2.87. The maximum absolute atomic E-state index is 6.08. The van der Waals surface area contributed by atoms with Crippen molar-refractivity contribution in [3.8, 4) is 0 Å². The number of hydrogen-bond acceptors (Lipinski definition) is 4. The van der Waals surface area contributed by atoms with Crippen LogP contribution in [0.4, 0.5) is 0 Å². The molecule has 0 bridgehead atoms. The molecule has 0 aliphatic carbocycles. The van der Waals surface area contributed by atoms with Gasteiger partial charge < -0.3 is 18.9 Å². The fourth-order valence-electron chi connectivity index (χ4n) is 2.87. The highest BCUT2D eigenvalue weighted by atomic mass is 16.7. The van der Waals surface area contributed by atoms with Crippen LogP contribution in [-0.4, -0.2) is 37.1 Å². The Hall–Kier alpha value is -1.20. The third-order valence-electron chi connectivity index (χ3n) is 4.07. The van der Waals surface area contributed by atoms with Crippen molar-refractivity contribution in [2.75, 3.05) is 13.2 Å². The fraction of sp³-hybridized carbons (Fsp3) is 0.467. The zero-order chi connectivity index (χ0) is 12.9. The lowest BCUT2D eigenvalue weighted by atomic mass is 9.90. The topological polar surface area (TPSA) is 40.2 Å². The summed E-state index contributed by atoms with van der Waals surface area (Å²) in [5.41, 5.74) is 0.450. The third kappa shape index (κ3) is 1.75. The van der Waals surface area contributed by atoms with Gasteiger partial charge in [0.05, 0.1) is 13.2 Å². The Balaban J connectivity index is 1.60. The van der Waals surface area contributed by atoms with Crippen molar-refractivity contribution in [2.45, 2.75) is 30.2 Å². The smallest absolute Gasteiger partial charge is 0.184 e. The van der Waals surface area contributed by atoms with Gasteiger partial charge in [0.25, 0.3) is 0 Å². The number of hydrogen-bond donors (Lipinski definition) is 0. The summed E-state index contributed by atoms with van der Waals surface area (Å²) in [4.78, 5) is 0. The Labute approximate surface area is 111 Å². The minimum absolute atomic E-state index is 0.113. The summed E-state index contributed by atoms with van der Waals surface area (Å²) < 4.78 is 23.4. The van der Waals surface area contributed by atoms with E-state index in [-0.39, 0.29) is 24.6 Å². The molecule has 100 valence electrons. The first-order chi connectivity index (χ1) is 9.32. The van der Waals surface area contributed by atoms with E-state index in [1.54, 1.807) is 6.08 Å². The van der Waals surface area contributed by atoms with Crippen LogP contribution in [0.5, 0.6) is 0 Å². The van der Waals surface area contributed by atoms with Gasteiger partial charge >= 0.3 is 0 Å². The van der Waals surface area contributed by atoms with Gasteiger partial charge in [-0.2, -0.15) is 0 Å². The van der Waals surface area contributed by atoms with Gasteiger partial charge in [0.15, 0.2) is 6.29 Å². The molecule has 0 N–H and O–H groups in total. The second-order valence-corrected chi connectivity index (χ2v) is 5.22. The quantitative estimate of drug-likeness (QED) is 0.601. The molecule has 3 saturated heterocycles. The largest absolute Gasteiger partial charge is 0.364 e. The Morgan fingerprint density at radius 2 is 2.05 bits per heavy atom. The van der Waals surface area contributed by atoms with E-state index >= 15 is 0 Å². The van der Waals surface area contributed by atoms with E-state index in [0.717, 1.165) is 5.56 Å². The highest BCUT2D eigenvalue weighted by molar-refractivity contribution is 5.20. The first-order valence-electron chi connectivity index (χ1n) is 6.57. The molecule has 4 nitrogen and oxygen atoms in total. The van der Waals surface area contributed by atoms with Gasteiger partial charge in [-0.3, -0.25) is 0 Å². The molecule has 1 aromatic carbocycles. The van der Waals surface area contributed by atoms with E-state index in [0.29, 0.717) is 13.2 Å². The van der Waals surface area contributed by atoms with Gasteiger partial charge in [-0.05, 0) is 0 Å². The molecule has 0 aromatic heterocycles. The van der Waals surface area contributed by atoms with Crippen molar-refractivity contribution in [3.63, 3.8) is 0 Å². The molecule has 19 heavy (non-hydrogen) atoms. The maximum Gasteiger partial charge on any atom is 0.184 e. The van der Waals surface area contributed by atoms with Gasteiger partial charge in [-0.1, -0.05) is 36.4 Å². The van der Waals surface area contributed by atoms with Crippen LogP contribution in [-0.2, 0) is 18.9 Å². The average molecular weight is 260 g/mol. The summed E-state index contributed by atoms with van der Waals surface area (Å²) >= 11 is 0. The van der Waals surface area contributed by atoms with E-state index in [1.165, 1.54) is 0 Å². The molecule has 0 radical (unpaired) electrons. The Bertz CT molecular complexity index is 488. The van der Waals surface area contributed by atoms with E-state index in [4.69, 9.17) is 18.9 Å². The van der Waals surface area contributed by atoms with Crippen LogP contribution in [0.15, 0.2) is 43.0 Å². The van der Waals surface area contributed by atoms with Gasteiger partial charge in [0.2, 0.25) is 0 Å². The summed E-state index contributed by atoms with van der Waals surface area (Å²) in [6.45, 7) is 4.91. The van der Waals surface area contributed by atoms with Crippen LogP contribution < -0.4 is 0 Å². The maximum atomic E-state index is 6.08. The zero-order valence-electron chi connectivity index (χ0n) is 10.5. The Morgan fingerprint density at radius 1 is 1.21 bits per heavy atom. The molecule has 3 heterocycles. The second-order valence-electron chi connectivity index (χ2n) is 5.22. The Morgan fingerprint density at radius 3 is 2.84 bits per heavy atom. The number of rotatable bonds is 2. The molecular formula is C15H16O4. The normalized spacial score (nSPS) is 44.0. The summed E-state index contributed by atoms with van der Waals surface area (Å²) in [5.74, 6) is 0. The van der Waals surface area contributed by atoms with Crippen molar-refractivity contribution in [2.24, 2.45) is 0 Å². The average Bonchev–Trinajstić information content (AvgIpc) is 3.27. The van der Waals surface area contributed by atoms with Crippen LogP contribution in [0.25, 0.3) is 0 Å². The van der Waals surface area contributed by atoms with Gasteiger partial charge in [0, 0.05) is 5.56 Å². The minimum Gasteiger partial charge on any atom is -0.364 e. The van der Waals surface area contributed by atoms with E-state index < -0.39 is 5.60 Å². The molecule has 0 spiro atoms. The minimum atomic E-state index is -0.567. The van der Waals surface area contributed by atoms with Crippen LogP contribution in [0.3, 0.4) is 0 Å². The van der Waals surface area contributed by atoms with Crippen molar-refractivity contribution < 1.29 is 18.9 Å². The zero-order valence-corrected chi connectivity index (χ0v) is 10.5. The summed E-state index contributed by atoms with van der Waals surface area (Å²) in [6, 6.07) is 9.93. The predicted molar refractivity (Wildman–Crippen MR) is 67.5 cm³/mol. The molecule has 5 atom stereocenters. The Kier molecular flexibility index (Phi) is 2.53. The van der Waals surface area contributed by atoms with Gasteiger partial charge in [-0.15, -0.1) is 6.58 Å². The molecule has 4 heteroatoms. The number of epoxide rings is 1. The summed E-state index contributed by atoms with van der Waals surface area (Å²) in [7, 11) is 0. The van der Waals surface area contributed by atoms with Crippen LogP contribution in [0, 0.1) is 0 Å². The molecular weight excluding hydrogens is 244 g/mol. The molecule has 3 aliphatic heterocycles. The first kappa shape index (κ1) is 11.6. The highest BCUT2D eigenvalue weighted by Gasteiger charge is 2.61. The van der Waals surface area contributed by atoms with Crippen molar-refractivity contribution >= 4 is 0 Å². The molecule has 5 unspecified atom stereocenters. The monoisotopic (exact) mass is 260 g/mol. The number of ether oxygens (including phenoxy) is 4. The molecule has 3 fully saturated rings. The van der Waals surface area contributed by atoms with Gasteiger partial charge in [0.1, 0.15) is 23.9 Å². The molecule has 1 aromatic rings. The van der Waals surface area contributed by atoms with E-state index in [9.17, 15) is 0 Å². The first-order valence-corrected chi connectivity index (χ1v) is 6.57. The molecule has 0 amide bonds. The van der Waals surface area contributed by atoms with Gasteiger partial charge in [-0.25, -0.2) is 0 Å². The molecule has 0 saturated carbocycles. The number of benzene rings is 1. The lowest BCUT2D eigenvalue weighted by molar-refractivity contribution is -0.298. The highest BCUT2D eigenvalue weighted by Crippen LogP contribution is 2.46. The summed E-state index contributed by atoms with van der Waals surface area (Å²) in [5, 5.41) is 0. The molecule has 4 rings (SSSR count). The number of fused-ring (bicyclic) bond motifs is 3. The van der Waals surface area contributed by atoms with Crippen LogP contribution >= 0.6 is 0 Å². The van der Waals surface area contributed by atoms with Crippen molar-refractivity contribution in [1.82, 2.24) is 0 Å².